The number of hydrogen-bond donors (Lipinski definition) is 2. The number of Topliss-reactive ketones (excluding diaryl/α,β-unsaturated/α-hetero) is 1. The van der Waals surface area contributed by atoms with Crippen molar-refractivity contribution >= 4 is 33.3 Å². The van der Waals surface area contributed by atoms with Crippen molar-refractivity contribution in [1.29, 1.82) is 0 Å². The number of fused-ring (bicyclic) bond motifs is 1. The van der Waals surface area contributed by atoms with Crippen molar-refractivity contribution in [2.45, 2.75) is 88.5 Å². The predicted octanol–water partition coefficient (Wildman–Crippen LogP) is 4.22. The Kier molecular flexibility index (Phi) is 9.40. The first-order valence-corrected chi connectivity index (χ1v) is 15.3. The van der Waals surface area contributed by atoms with Crippen LogP contribution in [-0.2, 0) is 26.1 Å². The van der Waals surface area contributed by atoms with E-state index in [1.807, 2.05) is 0 Å². The van der Waals surface area contributed by atoms with Crippen molar-refractivity contribution in [1.82, 2.24) is 9.78 Å². The number of amides is 1. The number of carbonyl (C=O) groups excluding carboxylic acids is 2. The summed E-state index contributed by atoms with van der Waals surface area (Å²) < 4.78 is 100. The first-order chi connectivity index (χ1) is 20.5. The molecule has 1 aliphatic carbocycles. The van der Waals surface area contributed by atoms with Crippen molar-refractivity contribution in [3.63, 3.8) is 0 Å². The second kappa shape index (κ2) is 12.4. The van der Waals surface area contributed by atoms with Gasteiger partial charge in [-0.2, -0.15) is 13.2 Å². The highest BCUT2D eigenvalue weighted by atomic mass is 32.2. The molecule has 17 heteroatoms. The van der Waals surface area contributed by atoms with Crippen LogP contribution in [0.5, 0.6) is 11.6 Å². The number of aromatic nitrogens is 2. The number of aliphatic hydroxyl groups is 1. The molecule has 0 saturated heterocycles. The van der Waals surface area contributed by atoms with Gasteiger partial charge < -0.3 is 19.3 Å². The lowest BCUT2D eigenvalue weighted by Gasteiger charge is -2.41. The number of aliphatic hydroxyl groups excluding tert-OH is 1. The number of aryl methyl sites for hydroxylation is 1. The van der Waals surface area contributed by atoms with Crippen LogP contribution in [0.15, 0.2) is 29.3 Å². The zero-order valence-electron chi connectivity index (χ0n) is 24.4. The molecule has 1 aromatic heterocycles. The van der Waals surface area contributed by atoms with E-state index in [1.165, 1.54) is 36.0 Å². The summed E-state index contributed by atoms with van der Waals surface area (Å²) in [5.41, 5.74) is -2.98. The third-order valence-corrected chi connectivity index (χ3v) is 9.23. The predicted molar refractivity (Wildman–Crippen MR) is 148 cm³/mol. The Morgan fingerprint density at radius 1 is 1.25 bits per heavy atom. The van der Waals surface area contributed by atoms with E-state index in [-0.39, 0.29) is 66.1 Å². The highest BCUT2D eigenvalue weighted by Crippen LogP contribution is 2.44. The van der Waals surface area contributed by atoms with Gasteiger partial charge in [-0.25, -0.2) is 17.6 Å². The van der Waals surface area contributed by atoms with Crippen molar-refractivity contribution in [3.8, 4) is 11.6 Å². The Balaban J connectivity index is 1.71. The molecule has 4 atom stereocenters. The number of hydrogen-bond acceptors (Lipinski definition) is 9. The van der Waals surface area contributed by atoms with Gasteiger partial charge in [-0.1, -0.05) is 0 Å². The van der Waals surface area contributed by atoms with E-state index in [0.29, 0.717) is 13.8 Å². The van der Waals surface area contributed by atoms with Crippen LogP contribution in [0, 0.1) is 5.92 Å². The molecule has 2 N–H and O–H groups in total. The second-order valence-corrected chi connectivity index (χ2v) is 12.8. The molecule has 1 aromatic carbocycles. The number of ketones is 1. The van der Waals surface area contributed by atoms with Gasteiger partial charge in [0.1, 0.15) is 30.4 Å². The summed E-state index contributed by atoms with van der Waals surface area (Å²) in [7, 11) is -4.53. The lowest BCUT2D eigenvalue weighted by atomic mass is 10.0. The first-order valence-electron chi connectivity index (χ1n) is 13.9. The summed E-state index contributed by atoms with van der Waals surface area (Å²) in [4.78, 5) is 24.4. The molecule has 12 nitrogen and oxygen atoms in total. The maximum Gasteiger partial charge on any atom is 0.427 e. The number of sulfonamides is 1. The van der Waals surface area contributed by atoms with E-state index < -0.39 is 58.7 Å². The Bertz CT molecular complexity index is 1500. The monoisotopic (exact) mass is 650 g/mol. The van der Waals surface area contributed by atoms with Crippen LogP contribution in [-0.4, -0.2) is 78.5 Å². The molecule has 2 heterocycles. The number of nitrogens with zero attached hydrogens (tertiary/aromatic N) is 3. The Morgan fingerprint density at radius 2 is 1.93 bits per heavy atom. The van der Waals surface area contributed by atoms with Crippen LogP contribution in [0.2, 0.25) is 0 Å². The largest absolute Gasteiger partial charge is 0.486 e. The Morgan fingerprint density at radius 3 is 2.52 bits per heavy atom. The van der Waals surface area contributed by atoms with Gasteiger partial charge in [0.05, 0.1) is 24.3 Å². The van der Waals surface area contributed by atoms with Crippen LogP contribution in [0.1, 0.15) is 47.0 Å². The van der Waals surface area contributed by atoms with Gasteiger partial charge in [0, 0.05) is 24.8 Å². The zero-order chi connectivity index (χ0) is 32.6. The number of benzene rings is 1. The summed E-state index contributed by atoms with van der Waals surface area (Å²) >= 11 is 0. The molecule has 2 aromatic rings. The van der Waals surface area contributed by atoms with Gasteiger partial charge in [0.25, 0.3) is 15.9 Å². The van der Waals surface area contributed by atoms with Crippen molar-refractivity contribution in [3.05, 3.63) is 24.4 Å². The highest BCUT2D eigenvalue weighted by Gasteiger charge is 2.51. The SMILES string of the molecule is CCn1cc(S(=O)(=O)N2c3cc(NC(=O)OC(C)(C)C(F)(F)F)ccc3O[C@@H](CCC(=O)[C@H]3C[C@H]3F)[C@H]2C)c(OCCO)n1. The lowest BCUT2D eigenvalue weighted by Crippen LogP contribution is -2.51. The van der Waals surface area contributed by atoms with E-state index in [4.69, 9.17) is 9.47 Å². The van der Waals surface area contributed by atoms with Gasteiger partial charge in [-0.3, -0.25) is 19.1 Å². The zero-order valence-corrected chi connectivity index (χ0v) is 25.2. The first kappa shape index (κ1) is 33.3. The van der Waals surface area contributed by atoms with E-state index in [1.54, 1.807) is 6.92 Å². The molecule has 4 rings (SSSR count). The van der Waals surface area contributed by atoms with Crippen molar-refractivity contribution in [2.24, 2.45) is 5.92 Å². The molecule has 0 unspecified atom stereocenters. The fourth-order valence-corrected chi connectivity index (χ4v) is 6.38. The molecule has 0 bridgehead atoms. The van der Waals surface area contributed by atoms with E-state index in [0.717, 1.165) is 4.31 Å². The molecule has 1 amide bonds. The average Bonchev–Trinajstić information content (AvgIpc) is 3.51. The van der Waals surface area contributed by atoms with E-state index in [2.05, 4.69) is 15.2 Å². The number of anilines is 2. The molecule has 0 spiro atoms. The number of alkyl halides is 4. The number of halogens is 4. The van der Waals surface area contributed by atoms with Crippen LogP contribution in [0.25, 0.3) is 0 Å². The summed E-state index contributed by atoms with van der Waals surface area (Å²) in [6, 6.07) is 2.83. The quantitative estimate of drug-likeness (QED) is 0.322. The van der Waals surface area contributed by atoms with Gasteiger partial charge in [0.15, 0.2) is 4.90 Å². The van der Waals surface area contributed by atoms with Gasteiger partial charge in [-0.15, -0.1) is 5.10 Å². The molecule has 0 radical (unpaired) electrons. The minimum absolute atomic E-state index is 0.0363. The molecule has 1 aliphatic heterocycles. The molecular weight excluding hydrogens is 616 g/mol. The lowest BCUT2D eigenvalue weighted by molar-refractivity contribution is -0.242. The van der Waals surface area contributed by atoms with Crippen LogP contribution < -0.4 is 19.1 Å². The summed E-state index contributed by atoms with van der Waals surface area (Å²) in [5, 5.41) is 15.5. The fraction of sp³-hybridized carbons (Fsp3) is 0.593. The summed E-state index contributed by atoms with van der Waals surface area (Å²) in [5.74, 6) is -1.21. The third kappa shape index (κ3) is 6.87. The minimum Gasteiger partial charge on any atom is -0.486 e. The Labute approximate surface area is 251 Å². The topological polar surface area (TPSA) is 149 Å². The molecule has 2 aliphatic rings. The number of nitrogens with one attached hydrogen (secondary N) is 1. The van der Waals surface area contributed by atoms with Crippen LogP contribution in [0.4, 0.5) is 33.7 Å². The number of rotatable bonds is 12. The summed E-state index contributed by atoms with van der Waals surface area (Å²) in [6.07, 6.45) is -6.92. The molecule has 44 heavy (non-hydrogen) atoms. The maximum atomic E-state index is 14.3. The van der Waals surface area contributed by atoms with Gasteiger partial charge in [-0.05, 0) is 58.7 Å². The van der Waals surface area contributed by atoms with Crippen molar-refractivity contribution < 1.29 is 54.9 Å². The molecule has 1 fully saturated rings. The fourth-order valence-electron chi connectivity index (χ4n) is 4.62. The van der Waals surface area contributed by atoms with Gasteiger partial charge >= 0.3 is 12.3 Å². The average molecular weight is 651 g/mol. The summed E-state index contributed by atoms with van der Waals surface area (Å²) in [6.45, 7) is 4.23. The van der Waals surface area contributed by atoms with Crippen molar-refractivity contribution in [2.75, 3.05) is 22.8 Å². The standard InChI is InChI=1S/C27H34F4N4O8S/c1-5-34-14-23(24(33-34)41-11-10-36)44(39,40)35-15(2)21(9-7-20(37)17-13-18(17)28)42-22-8-6-16(12-19(22)35)32-25(38)43-26(3,4)27(29,30)31/h6,8,12,14-15,17-18,21,36H,5,7,9-11,13H2,1-4H3,(H,32,38)/t15-,17+,18-,21+/m1/s1. The highest BCUT2D eigenvalue weighted by molar-refractivity contribution is 7.93. The Hall–Kier alpha value is -3.60. The van der Waals surface area contributed by atoms with Crippen LogP contribution >= 0.6 is 0 Å². The van der Waals surface area contributed by atoms with Gasteiger partial charge in [0.2, 0.25) is 5.60 Å². The third-order valence-electron chi connectivity index (χ3n) is 7.35. The smallest absolute Gasteiger partial charge is 0.427 e. The van der Waals surface area contributed by atoms with E-state index in [9.17, 15) is 40.7 Å². The number of carbonyl (C=O) groups is 2. The molecule has 1 saturated carbocycles. The normalized spacial score (nSPS) is 21.7. The minimum atomic E-state index is -4.85. The maximum absolute atomic E-state index is 14.3. The van der Waals surface area contributed by atoms with Crippen LogP contribution in [0.3, 0.4) is 0 Å². The molecule has 244 valence electrons. The van der Waals surface area contributed by atoms with E-state index >= 15 is 0 Å². The number of ether oxygens (including phenoxy) is 3. The second-order valence-electron chi connectivity index (χ2n) is 11.0. The molecular formula is C27H34F4N4O8S.